The first-order valence-corrected chi connectivity index (χ1v) is 9.37. The second kappa shape index (κ2) is 7.75. The number of benzene rings is 1. The van der Waals surface area contributed by atoms with E-state index in [2.05, 4.69) is 10.3 Å². The van der Waals surface area contributed by atoms with Crippen LogP contribution < -0.4 is 5.32 Å². The van der Waals surface area contributed by atoms with Gasteiger partial charge >= 0.3 is 5.97 Å². The fourth-order valence-corrected chi connectivity index (χ4v) is 3.56. The van der Waals surface area contributed by atoms with Gasteiger partial charge in [0.05, 0.1) is 12.1 Å². The number of hydrogen-bond acceptors (Lipinski definition) is 5. The van der Waals surface area contributed by atoms with Crippen LogP contribution in [0.1, 0.15) is 34.2 Å². The predicted molar refractivity (Wildman–Crippen MR) is 103 cm³/mol. The number of amides is 1. The maximum Gasteiger partial charge on any atom is 0.330 e. The lowest BCUT2D eigenvalue weighted by molar-refractivity contribution is -0.142. The molecule has 3 aromatic rings. The van der Waals surface area contributed by atoms with E-state index < -0.39 is 17.9 Å². The van der Waals surface area contributed by atoms with E-state index in [9.17, 15) is 14.7 Å². The molecule has 140 valence electrons. The number of aromatic nitrogens is 1. The third-order valence-electron chi connectivity index (χ3n) is 4.12. The van der Waals surface area contributed by atoms with Crippen molar-refractivity contribution in [3.05, 3.63) is 63.2 Å². The molecule has 0 saturated carbocycles. The maximum absolute atomic E-state index is 12.5. The normalized spacial score (nSPS) is 12.0. The minimum absolute atomic E-state index is 0.0476. The van der Waals surface area contributed by atoms with E-state index >= 15 is 0 Å². The molecule has 1 aromatic carbocycles. The van der Waals surface area contributed by atoms with E-state index in [0.717, 1.165) is 16.7 Å². The molecule has 6 nitrogen and oxygen atoms in total. The van der Waals surface area contributed by atoms with Crippen LogP contribution in [0.2, 0.25) is 0 Å². The zero-order valence-corrected chi connectivity index (χ0v) is 16.1. The number of carboxylic acid groups (broad SMARTS) is 1. The van der Waals surface area contributed by atoms with Crippen molar-refractivity contribution >= 4 is 23.2 Å². The van der Waals surface area contributed by atoms with E-state index in [4.69, 9.17) is 4.42 Å². The SMILES string of the molecule is Cc1cc(C)cc(C(NC(=O)Cc2nc(-c3ccsc3)oc2C)C(=O)O)c1. The predicted octanol–water partition coefficient (Wildman–Crippen LogP) is 3.81. The standard InChI is InChI=1S/C20H20N2O4S/c1-11-6-12(2)8-15(7-11)18(20(24)25)22-17(23)9-16-13(3)26-19(21-16)14-4-5-27-10-14/h4-8,10,18H,9H2,1-3H3,(H,22,23)(H,24,25). The first-order chi connectivity index (χ1) is 12.8. The molecule has 1 unspecified atom stereocenters. The van der Waals surface area contributed by atoms with Gasteiger partial charge in [0.2, 0.25) is 11.8 Å². The van der Waals surface area contributed by atoms with Crippen LogP contribution in [0.4, 0.5) is 0 Å². The molecule has 0 radical (unpaired) electrons. The number of hydrogen-bond donors (Lipinski definition) is 2. The molecule has 0 spiro atoms. The summed E-state index contributed by atoms with van der Waals surface area (Å²) >= 11 is 1.53. The Morgan fingerprint density at radius 3 is 2.52 bits per heavy atom. The Hall–Kier alpha value is -2.93. The van der Waals surface area contributed by atoms with Gasteiger partial charge in [-0.3, -0.25) is 4.79 Å². The summed E-state index contributed by atoms with van der Waals surface area (Å²) in [5.41, 5.74) is 3.78. The first-order valence-electron chi connectivity index (χ1n) is 8.42. The van der Waals surface area contributed by atoms with Crippen molar-refractivity contribution in [1.82, 2.24) is 10.3 Å². The van der Waals surface area contributed by atoms with Gasteiger partial charge in [0.15, 0.2) is 6.04 Å². The smallest absolute Gasteiger partial charge is 0.330 e. The minimum atomic E-state index is -1.11. The number of carbonyl (C=O) groups is 2. The lowest BCUT2D eigenvalue weighted by Gasteiger charge is -2.16. The fourth-order valence-electron chi connectivity index (χ4n) is 2.93. The summed E-state index contributed by atoms with van der Waals surface area (Å²) in [6.45, 7) is 5.52. The highest BCUT2D eigenvalue weighted by Crippen LogP contribution is 2.24. The van der Waals surface area contributed by atoms with Crippen molar-refractivity contribution in [2.24, 2.45) is 0 Å². The van der Waals surface area contributed by atoms with Crippen molar-refractivity contribution in [1.29, 1.82) is 0 Å². The Labute approximate surface area is 160 Å². The number of rotatable bonds is 6. The lowest BCUT2D eigenvalue weighted by Crippen LogP contribution is -2.35. The first kappa shape index (κ1) is 18.8. The molecule has 1 atom stereocenters. The molecule has 0 aliphatic carbocycles. The number of nitrogens with one attached hydrogen (secondary N) is 1. The van der Waals surface area contributed by atoms with E-state index in [1.807, 2.05) is 36.7 Å². The second-order valence-corrected chi connectivity index (χ2v) is 7.25. The van der Waals surface area contributed by atoms with E-state index in [1.54, 1.807) is 19.1 Å². The molecule has 0 saturated heterocycles. The third kappa shape index (κ3) is 4.43. The summed E-state index contributed by atoms with van der Waals surface area (Å²) in [5, 5.41) is 16.0. The Balaban J connectivity index is 1.76. The molecule has 27 heavy (non-hydrogen) atoms. The number of aryl methyl sites for hydroxylation is 3. The lowest BCUT2D eigenvalue weighted by atomic mass is 10.0. The average molecular weight is 384 g/mol. The Kier molecular flexibility index (Phi) is 5.41. The maximum atomic E-state index is 12.5. The van der Waals surface area contributed by atoms with Crippen LogP contribution in [-0.4, -0.2) is 22.0 Å². The van der Waals surface area contributed by atoms with E-state index in [-0.39, 0.29) is 6.42 Å². The number of carboxylic acids is 1. The van der Waals surface area contributed by atoms with Gasteiger partial charge in [0.1, 0.15) is 5.76 Å². The molecule has 0 aliphatic rings. The van der Waals surface area contributed by atoms with Crippen LogP contribution in [-0.2, 0) is 16.0 Å². The second-order valence-electron chi connectivity index (χ2n) is 6.47. The largest absolute Gasteiger partial charge is 0.479 e. The van der Waals surface area contributed by atoms with Crippen LogP contribution in [0.3, 0.4) is 0 Å². The molecule has 2 heterocycles. The van der Waals surface area contributed by atoms with Crippen LogP contribution >= 0.6 is 11.3 Å². The number of nitrogens with zero attached hydrogens (tertiary/aromatic N) is 1. The molecule has 7 heteroatoms. The van der Waals surface area contributed by atoms with Crippen molar-refractivity contribution in [3.63, 3.8) is 0 Å². The highest BCUT2D eigenvalue weighted by Gasteiger charge is 2.24. The number of carbonyl (C=O) groups excluding carboxylic acids is 1. The third-order valence-corrected chi connectivity index (χ3v) is 4.80. The van der Waals surface area contributed by atoms with Crippen LogP contribution in [0.5, 0.6) is 0 Å². The molecule has 2 N–H and O–H groups in total. The van der Waals surface area contributed by atoms with Gasteiger partial charge in [-0.05, 0) is 37.8 Å². The van der Waals surface area contributed by atoms with Crippen molar-refractivity contribution in [2.75, 3.05) is 0 Å². The van der Waals surface area contributed by atoms with Crippen LogP contribution in [0, 0.1) is 20.8 Å². The Bertz CT molecular complexity index is 956. The Morgan fingerprint density at radius 1 is 1.22 bits per heavy atom. The molecule has 1 amide bonds. The molecular weight excluding hydrogens is 364 g/mol. The number of aliphatic carboxylic acids is 1. The van der Waals surface area contributed by atoms with E-state index in [1.165, 1.54) is 11.3 Å². The van der Waals surface area contributed by atoms with Crippen molar-refractivity contribution in [2.45, 2.75) is 33.2 Å². The van der Waals surface area contributed by atoms with Gasteiger partial charge in [-0.15, -0.1) is 0 Å². The summed E-state index contributed by atoms with van der Waals surface area (Å²) in [4.78, 5) is 28.5. The van der Waals surface area contributed by atoms with Crippen LogP contribution in [0.15, 0.2) is 39.4 Å². The molecule has 2 aromatic heterocycles. The van der Waals surface area contributed by atoms with Crippen molar-refractivity contribution < 1.29 is 19.1 Å². The topological polar surface area (TPSA) is 92.4 Å². The number of thiophene rings is 1. The minimum Gasteiger partial charge on any atom is -0.479 e. The van der Waals surface area contributed by atoms with Gasteiger partial charge in [-0.1, -0.05) is 29.3 Å². The quantitative estimate of drug-likeness (QED) is 0.674. The summed E-state index contributed by atoms with van der Waals surface area (Å²) in [6.07, 6.45) is -0.0476. The van der Waals surface area contributed by atoms with Gasteiger partial charge in [0, 0.05) is 10.9 Å². The molecule has 0 aliphatic heterocycles. The number of oxazole rings is 1. The summed E-state index contributed by atoms with van der Waals surface area (Å²) in [6, 6.07) is 6.26. The zero-order valence-electron chi connectivity index (χ0n) is 15.3. The van der Waals surface area contributed by atoms with Gasteiger partial charge in [-0.25, -0.2) is 9.78 Å². The van der Waals surface area contributed by atoms with Gasteiger partial charge in [0.25, 0.3) is 0 Å². The highest BCUT2D eigenvalue weighted by atomic mass is 32.1. The molecule has 0 fully saturated rings. The zero-order chi connectivity index (χ0) is 19.6. The molecule has 3 rings (SSSR count). The molecular formula is C20H20N2O4S. The summed E-state index contributed by atoms with van der Waals surface area (Å²) in [5.74, 6) is -0.524. The average Bonchev–Trinajstić information content (AvgIpc) is 3.22. The van der Waals surface area contributed by atoms with Gasteiger partial charge < -0.3 is 14.8 Å². The highest BCUT2D eigenvalue weighted by molar-refractivity contribution is 7.08. The van der Waals surface area contributed by atoms with E-state index in [0.29, 0.717) is 22.9 Å². The monoisotopic (exact) mass is 384 g/mol. The van der Waals surface area contributed by atoms with Crippen LogP contribution in [0.25, 0.3) is 11.5 Å². The summed E-state index contributed by atoms with van der Waals surface area (Å²) in [7, 11) is 0. The fraction of sp³-hybridized carbons (Fsp3) is 0.250. The van der Waals surface area contributed by atoms with Gasteiger partial charge in [-0.2, -0.15) is 11.3 Å². The van der Waals surface area contributed by atoms with Crippen molar-refractivity contribution in [3.8, 4) is 11.5 Å². The summed E-state index contributed by atoms with van der Waals surface area (Å²) < 4.78 is 5.63. The molecule has 0 bridgehead atoms. The Morgan fingerprint density at radius 2 is 1.93 bits per heavy atom.